The molecule has 2 amide bonds. The van der Waals surface area contributed by atoms with Crippen LogP contribution in [0.2, 0.25) is 0 Å². The molecule has 1 aliphatic heterocycles. The Labute approximate surface area is 176 Å². The smallest absolute Gasteiger partial charge is 0.256 e. The highest BCUT2D eigenvalue weighted by molar-refractivity contribution is 6.04. The highest BCUT2D eigenvalue weighted by Gasteiger charge is 2.28. The van der Waals surface area contributed by atoms with Gasteiger partial charge in [0.25, 0.3) is 5.91 Å². The standard InChI is InChI=1S/C25H26N2O3/c1-17-15-27(16-18(2)30-17)25(29)22-12-5-6-13-23(22)26-24(28)14-20-10-7-9-19-8-3-4-11-21(19)20/h3-13,17-18H,14-16H2,1-2H3,(H,26,28). The van der Waals surface area contributed by atoms with Crippen LogP contribution in [0.5, 0.6) is 0 Å². The number of morpholine rings is 1. The van der Waals surface area contributed by atoms with Crippen LogP contribution >= 0.6 is 0 Å². The van der Waals surface area contributed by atoms with Crippen LogP contribution in [0.1, 0.15) is 29.8 Å². The van der Waals surface area contributed by atoms with E-state index in [0.717, 1.165) is 16.3 Å². The Bertz CT molecular complexity index is 1060. The summed E-state index contributed by atoms with van der Waals surface area (Å²) < 4.78 is 5.74. The molecule has 0 saturated carbocycles. The van der Waals surface area contributed by atoms with E-state index in [1.165, 1.54) is 0 Å². The van der Waals surface area contributed by atoms with E-state index in [-0.39, 0.29) is 30.4 Å². The minimum absolute atomic E-state index is 0.00850. The molecule has 154 valence electrons. The zero-order valence-corrected chi connectivity index (χ0v) is 17.3. The molecule has 0 radical (unpaired) electrons. The molecule has 5 heteroatoms. The normalized spacial score (nSPS) is 18.9. The molecule has 2 atom stereocenters. The maximum absolute atomic E-state index is 13.1. The second kappa shape index (κ2) is 8.67. The third-order valence-corrected chi connectivity index (χ3v) is 5.37. The second-order valence-corrected chi connectivity index (χ2v) is 7.88. The fraction of sp³-hybridized carbons (Fsp3) is 0.280. The van der Waals surface area contributed by atoms with Crippen molar-refractivity contribution in [1.82, 2.24) is 4.90 Å². The number of anilines is 1. The van der Waals surface area contributed by atoms with Crippen molar-refractivity contribution in [3.63, 3.8) is 0 Å². The second-order valence-electron chi connectivity index (χ2n) is 7.88. The van der Waals surface area contributed by atoms with Crippen molar-refractivity contribution in [2.45, 2.75) is 32.5 Å². The van der Waals surface area contributed by atoms with Gasteiger partial charge in [0.2, 0.25) is 5.91 Å². The average molecular weight is 402 g/mol. The molecule has 1 heterocycles. The molecule has 2 unspecified atom stereocenters. The van der Waals surface area contributed by atoms with Crippen molar-refractivity contribution in [2.24, 2.45) is 0 Å². The fourth-order valence-corrected chi connectivity index (χ4v) is 4.11. The third kappa shape index (κ3) is 4.36. The van der Waals surface area contributed by atoms with Gasteiger partial charge in [0.1, 0.15) is 0 Å². The average Bonchev–Trinajstić information content (AvgIpc) is 2.73. The van der Waals surface area contributed by atoms with Gasteiger partial charge in [-0.05, 0) is 42.3 Å². The van der Waals surface area contributed by atoms with E-state index in [9.17, 15) is 9.59 Å². The molecule has 4 rings (SSSR count). The molecule has 3 aromatic carbocycles. The van der Waals surface area contributed by atoms with Crippen molar-refractivity contribution in [3.8, 4) is 0 Å². The summed E-state index contributed by atoms with van der Waals surface area (Å²) in [4.78, 5) is 27.8. The Balaban J connectivity index is 1.52. The minimum atomic E-state index is -0.143. The first-order chi connectivity index (χ1) is 14.5. The number of carbonyl (C=O) groups is 2. The molecule has 1 fully saturated rings. The first-order valence-electron chi connectivity index (χ1n) is 10.3. The zero-order valence-electron chi connectivity index (χ0n) is 17.3. The summed E-state index contributed by atoms with van der Waals surface area (Å²) in [6, 6.07) is 21.2. The minimum Gasteiger partial charge on any atom is -0.372 e. The van der Waals surface area contributed by atoms with E-state index >= 15 is 0 Å². The molecular weight excluding hydrogens is 376 g/mol. The number of nitrogens with one attached hydrogen (secondary N) is 1. The Kier molecular flexibility index (Phi) is 5.81. The summed E-state index contributed by atoms with van der Waals surface area (Å²) in [6.07, 6.45) is 0.229. The Morgan fingerprint density at radius 2 is 1.60 bits per heavy atom. The van der Waals surface area contributed by atoms with Gasteiger partial charge >= 0.3 is 0 Å². The Hall–Kier alpha value is -3.18. The van der Waals surface area contributed by atoms with Crippen molar-refractivity contribution in [3.05, 3.63) is 77.9 Å². The monoisotopic (exact) mass is 402 g/mol. The summed E-state index contributed by atoms with van der Waals surface area (Å²) in [5.41, 5.74) is 2.01. The maximum Gasteiger partial charge on any atom is 0.256 e. The van der Waals surface area contributed by atoms with E-state index in [4.69, 9.17) is 4.74 Å². The van der Waals surface area contributed by atoms with Gasteiger partial charge in [-0.3, -0.25) is 9.59 Å². The van der Waals surface area contributed by atoms with Crippen LogP contribution in [0.25, 0.3) is 10.8 Å². The molecule has 30 heavy (non-hydrogen) atoms. The SMILES string of the molecule is CC1CN(C(=O)c2ccccc2NC(=O)Cc2cccc3ccccc23)CC(C)O1. The van der Waals surface area contributed by atoms with Gasteiger partial charge in [-0.25, -0.2) is 0 Å². The zero-order chi connectivity index (χ0) is 21.1. The highest BCUT2D eigenvalue weighted by atomic mass is 16.5. The Morgan fingerprint density at radius 3 is 2.40 bits per heavy atom. The number of benzene rings is 3. The number of hydrogen-bond donors (Lipinski definition) is 1. The summed E-state index contributed by atoms with van der Waals surface area (Å²) >= 11 is 0. The number of carbonyl (C=O) groups excluding carboxylic acids is 2. The molecule has 0 aliphatic carbocycles. The molecule has 1 aliphatic rings. The number of para-hydroxylation sites is 1. The van der Waals surface area contributed by atoms with Crippen LogP contribution in [0.4, 0.5) is 5.69 Å². The van der Waals surface area contributed by atoms with Crippen molar-refractivity contribution in [2.75, 3.05) is 18.4 Å². The van der Waals surface area contributed by atoms with Gasteiger partial charge in [0, 0.05) is 13.1 Å². The van der Waals surface area contributed by atoms with Gasteiger partial charge in [-0.15, -0.1) is 0 Å². The highest BCUT2D eigenvalue weighted by Crippen LogP contribution is 2.22. The van der Waals surface area contributed by atoms with E-state index in [1.54, 1.807) is 17.0 Å². The predicted molar refractivity (Wildman–Crippen MR) is 119 cm³/mol. The molecular formula is C25H26N2O3. The van der Waals surface area contributed by atoms with Gasteiger partial charge in [0.15, 0.2) is 0 Å². The van der Waals surface area contributed by atoms with Crippen LogP contribution in [-0.2, 0) is 16.0 Å². The number of nitrogens with zero attached hydrogens (tertiary/aromatic N) is 1. The topological polar surface area (TPSA) is 58.6 Å². The van der Waals surface area contributed by atoms with Crippen molar-refractivity contribution < 1.29 is 14.3 Å². The Morgan fingerprint density at radius 1 is 0.933 bits per heavy atom. The fourth-order valence-electron chi connectivity index (χ4n) is 4.11. The van der Waals surface area contributed by atoms with Gasteiger partial charge < -0.3 is 15.0 Å². The third-order valence-electron chi connectivity index (χ3n) is 5.37. The van der Waals surface area contributed by atoms with Gasteiger partial charge in [-0.2, -0.15) is 0 Å². The van der Waals surface area contributed by atoms with Crippen molar-refractivity contribution >= 4 is 28.3 Å². The van der Waals surface area contributed by atoms with E-state index in [2.05, 4.69) is 5.32 Å². The molecule has 1 N–H and O–H groups in total. The van der Waals surface area contributed by atoms with Gasteiger partial charge in [0.05, 0.1) is 29.9 Å². The summed E-state index contributed by atoms with van der Waals surface area (Å²) in [5.74, 6) is -0.228. The largest absolute Gasteiger partial charge is 0.372 e. The van der Waals surface area contributed by atoms with E-state index in [1.807, 2.05) is 68.4 Å². The van der Waals surface area contributed by atoms with Crippen LogP contribution in [0.3, 0.4) is 0 Å². The van der Waals surface area contributed by atoms with Crippen molar-refractivity contribution in [1.29, 1.82) is 0 Å². The first-order valence-corrected chi connectivity index (χ1v) is 10.3. The number of amides is 2. The molecule has 0 aromatic heterocycles. The molecule has 1 saturated heterocycles. The van der Waals surface area contributed by atoms with Crippen LogP contribution in [0.15, 0.2) is 66.7 Å². The summed E-state index contributed by atoms with van der Waals surface area (Å²) in [5, 5.41) is 5.12. The lowest BCUT2D eigenvalue weighted by atomic mass is 10.0. The molecule has 0 bridgehead atoms. The molecule has 0 spiro atoms. The molecule has 5 nitrogen and oxygen atoms in total. The number of fused-ring (bicyclic) bond motifs is 1. The lowest BCUT2D eigenvalue weighted by molar-refractivity contribution is -0.115. The number of ether oxygens (including phenoxy) is 1. The number of hydrogen-bond acceptors (Lipinski definition) is 3. The van der Waals surface area contributed by atoms with Crippen LogP contribution in [-0.4, -0.2) is 42.0 Å². The van der Waals surface area contributed by atoms with Crippen LogP contribution < -0.4 is 5.32 Å². The molecule has 3 aromatic rings. The maximum atomic E-state index is 13.1. The van der Waals surface area contributed by atoms with Gasteiger partial charge in [-0.1, -0.05) is 54.6 Å². The predicted octanol–water partition coefficient (Wildman–Crippen LogP) is 4.27. The quantitative estimate of drug-likeness (QED) is 0.709. The lowest BCUT2D eigenvalue weighted by Gasteiger charge is -2.35. The van der Waals surface area contributed by atoms with E-state index < -0.39 is 0 Å². The lowest BCUT2D eigenvalue weighted by Crippen LogP contribution is -2.48. The summed E-state index contributed by atoms with van der Waals surface area (Å²) in [7, 11) is 0. The van der Waals surface area contributed by atoms with Crippen LogP contribution in [0, 0.1) is 0 Å². The number of rotatable bonds is 4. The first kappa shape index (κ1) is 20.1. The van der Waals surface area contributed by atoms with E-state index in [0.29, 0.717) is 24.3 Å². The summed E-state index contributed by atoms with van der Waals surface area (Å²) in [6.45, 7) is 5.02.